The third kappa shape index (κ3) is 4.51. The second-order valence-electron chi connectivity index (χ2n) is 4.51. The van der Waals surface area contributed by atoms with Gasteiger partial charge in [-0.25, -0.2) is 9.97 Å². The van der Waals surface area contributed by atoms with E-state index < -0.39 is 0 Å². The molecular formula is C11H19N3S. The Morgan fingerprint density at radius 3 is 2.53 bits per heavy atom. The monoisotopic (exact) mass is 225 g/mol. The predicted octanol–water partition coefficient (Wildman–Crippen LogP) is 2.90. The Hall–Kier alpha value is -0.770. The summed E-state index contributed by atoms with van der Waals surface area (Å²) in [5.74, 6) is 1.42. The summed E-state index contributed by atoms with van der Waals surface area (Å²) >= 11 is 1.72. The van der Waals surface area contributed by atoms with Crippen molar-refractivity contribution in [3.8, 4) is 0 Å². The molecule has 1 heterocycles. The van der Waals surface area contributed by atoms with Crippen molar-refractivity contribution < 1.29 is 0 Å². The number of nitrogens with two attached hydrogens (primary N) is 1. The third-order valence-corrected chi connectivity index (χ3v) is 2.68. The van der Waals surface area contributed by atoms with Crippen molar-refractivity contribution in [2.75, 3.05) is 5.73 Å². The second kappa shape index (κ2) is 4.84. The van der Waals surface area contributed by atoms with Crippen LogP contribution in [0.2, 0.25) is 0 Å². The first kappa shape index (κ1) is 12.3. The maximum absolute atomic E-state index is 5.74. The van der Waals surface area contributed by atoms with Crippen LogP contribution in [-0.4, -0.2) is 14.7 Å². The maximum atomic E-state index is 5.74. The molecule has 0 aromatic carbocycles. The number of aryl methyl sites for hydroxylation is 1. The van der Waals surface area contributed by atoms with Crippen LogP contribution in [0.1, 0.15) is 39.9 Å². The Bertz CT molecular complexity index is 331. The quantitative estimate of drug-likeness (QED) is 0.635. The summed E-state index contributed by atoms with van der Waals surface area (Å²) < 4.78 is 0.157. The molecule has 0 aliphatic heterocycles. The highest BCUT2D eigenvalue weighted by molar-refractivity contribution is 8.00. The van der Waals surface area contributed by atoms with Crippen molar-refractivity contribution in [3.05, 3.63) is 11.9 Å². The molecule has 0 saturated carbocycles. The second-order valence-corrected chi connectivity index (χ2v) is 6.36. The van der Waals surface area contributed by atoms with Crippen molar-refractivity contribution in [1.82, 2.24) is 9.97 Å². The molecule has 1 aromatic rings. The maximum Gasteiger partial charge on any atom is 0.132 e. The molecule has 0 spiro atoms. The van der Waals surface area contributed by atoms with Crippen LogP contribution in [0.25, 0.3) is 0 Å². The van der Waals surface area contributed by atoms with Gasteiger partial charge in [-0.15, -0.1) is 11.8 Å². The average molecular weight is 225 g/mol. The first-order valence-corrected chi connectivity index (χ1v) is 6.05. The van der Waals surface area contributed by atoms with E-state index in [1.54, 1.807) is 11.8 Å². The Balaban J connectivity index is 2.88. The summed E-state index contributed by atoms with van der Waals surface area (Å²) in [6, 6.07) is 1.84. The largest absolute Gasteiger partial charge is 0.384 e. The third-order valence-electron chi connectivity index (χ3n) is 1.65. The number of thioether (sulfide) groups is 1. The number of hydrogen-bond acceptors (Lipinski definition) is 4. The smallest absolute Gasteiger partial charge is 0.132 e. The lowest BCUT2D eigenvalue weighted by atomic mass is 10.3. The van der Waals surface area contributed by atoms with Gasteiger partial charge in [-0.05, 0) is 6.42 Å². The summed E-state index contributed by atoms with van der Waals surface area (Å²) in [6.45, 7) is 8.60. The van der Waals surface area contributed by atoms with Crippen molar-refractivity contribution in [2.45, 2.75) is 50.3 Å². The van der Waals surface area contributed by atoms with E-state index in [2.05, 4.69) is 37.7 Å². The van der Waals surface area contributed by atoms with E-state index >= 15 is 0 Å². The summed E-state index contributed by atoms with van der Waals surface area (Å²) in [5.41, 5.74) is 5.74. The fraction of sp³-hybridized carbons (Fsp3) is 0.636. The molecule has 0 bridgehead atoms. The molecule has 84 valence electrons. The predicted molar refractivity (Wildman–Crippen MR) is 66.0 cm³/mol. The van der Waals surface area contributed by atoms with Gasteiger partial charge < -0.3 is 5.73 Å². The Kier molecular flexibility index (Phi) is 3.97. The summed E-state index contributed by atoms with van der Waals surface area (Å²) in [7, 11) is 0. The molecule has 4 heteroatoms. The molecule has 15 heavy (non-hydrogen) atoms. The first-order valence-electron chi connectivity index (χ1n) is 5.23. The number of nitrogens with zero attached hydrogens (tertiary/aromatic N) is 2. The highest BCUT2D eigenvalue weighted by Gasteiger charge is 2.14. The normalized spacial score (nSPS) is 11.7. The Labute approximate surface area is 95.9 Å². The van der Waals surface area contributed by atoms with Gasteiger partial charge in [0.25, 0.3) is 0 Å². The van der Waals surface area contributed by atoms with Gasteiger partial charge in [0.15, 0.2) is 0 Å². The van der Waals surface area contributed by atoms with Gasteiger partial charge in [-0.2, -0.15) is 0 Å². The van der Waals surface area contributed by atoms with Crippen molar-refractivity contribution >= 4 is 17.6 Å². The summed E-state index contributed by atoms with van der Waals surface area (Å²) in [6.07, 6.45) is 1.94. The SMILES string of the molecule is CCCc1nc(N)cc(SC(C)(C)C)n1. The van der Waals surface area contributed by atoms with Gasteiger partial charge in [-0.3, -0.25) is 0 Å². The lowest BCUT2D eigenvalue weighted by Gasteiger charge is -2.17. The Morgan fingerprint density at radius 2 is 2.00 bits per heavy atom. The van der Waals surface area contributed by atoms with Crippen molar-refractivity contribution in [3.63, 3.8) is 0 Å². The molecule has 0 atom stereocenters. The zero-order chi connectivity index (χ0) is 11.5. The van der Waals surface area contributed by atoms with Crippen LogP contribution in [0.15, 0.2) is 11.1 Å². The van der Waals surface area contributed by atoms with Gasteiger partial charge in [0, 0.05) is 17.2 Å². The molecule has 0 aliphatic carbocycles. The lowest BCUT2D eigenvalue weighted by Crippen LogP contribution is -2.09. The minimum atomic E-state index is 0.157. The van der Waals surface area contributed by atoms with E-state index in [4.69, 9.17) is 5.73 Å². The minimum absolute atomic E-state index is 0.157. The molecule has 0 aliphatic rings. The molecule has 0 saturated heterocycles. The van der Waals surface area contributed by atoms with E-state index in [9.17, 15) is 0 Å². The standard InChI is InChI=1S/C11H19N3S/c1-5-6-9-13-8(12)7-10(14-9)15-11(2,3)4/h7H,5-6H2,1-4H3,(H2,12,13,14). The molecule has 0 unspecified atom stereocenters. The summed E-state index contributed by atoms with van der Waals surface area (Å²) in [5, 5.41) is 0.971. The number of nitrogen functional groups attached to an aromatic ring is 1. The molecule has 3 nitrogen and oxygen atoms in total. The molecule has 1 aromatic heterocycles. The van der Waals surface area contributed by atoms with Crippen LogP contribution < -0.4 is 5.73 Å². The van der Waals surface area contributed by atoms with Crippen LogP contribution in [0, 0.1) is 0 Å². The van der Waals surface area contributed by atoms with Gasteiger partial charge in [0.05, 0.1) is 0 Å². The molecule has 0 amide bonds. The zero-order valence-electron chi connectivity index (χ0n) is 9.87. The van der Waals surface area contributed by atoms with E-state index in [1.165, 1.54) is 0 Å². The highest BCUT2D eigenvalue weighted by atomic mass is 32.2. The average Bonchev–Trinajstić information content (AvgIpc) is 1.99. The van der Waals surface area contributed by atoms with Crippen molar-refractivity contribution in [1.29, 1.82) is 0 Å². The number of hydrogen-bond donors (Lipinski definition) is 1. The number of anilines is 1. The van der Waals surface area contributed by atoms with Gasteiger partial charge in [0.1, 0.15) is 16.7 Å². The van der Waals surface area contributed by atoms with E-state index in [1.807, 2.05) is 6.07 Å². The minimum Gasteiger partial charge on any atom is -0.384 e. The molecule has 1 rings (SSSR count). The molecule has 0 fully saturated rings. The highest BCUT2D eigenvalue weighted by Crippen LogP contribution is 2.31. The van der Waals surface area contributed by atoms with E-state index in [-0.39, 0.29) is 4.75 Å². The van der Waals surface area contributed by atoms with Gasteiger partial charge >= 0.3 is 0 Å². The van der Waals surface area contributed by atoms with Crippen molar-refractivity contribution in [2.24, 2.45) is 0 Å². The van der Waals surface area contributed by atoms with Crippen LogP contribution >= 0.6 is 11.8 Å². The number of aromatic nitrogens is 2. The van der Waals surface area contributed by atoms with Gasteiger partial charge in [-0.1, -0.05) is 27.7 Å². The molecule has 2 N–H and O–H groups in total. The van der Waals surface area contributed by atoms with E-state index in [0.29, 0.717) is 5.82 Å². The fourth-order valence-corrected chi connectivity index (χ4v) is 2.15. The lowest BCUT2D eigenvalue weighted by molar-refractivity contribution is 0.785. The van der Waals surface area contributed by atoms with Crippen LogP contribution in [-0.2, 0) is 6.42 Å². The fourth-order valence-electron chi connectivity index (χ4n) is 1.19. The zero-order valence-corrected chi connectivity index (χ0v) is 10.7. The summed E-state index contributed by atoms with van der Waals surface area (Å²) in [4.78, 5) is 8.69. The van der Waals surface area contributed by atoms with Crippen LogP contribution in [0.5, 0.6) is 0 Å². The Morgan fingerprint density at radius 1 is 1.33 bits per heavy atom. The first-order chi connectivity index (χ1) is 6.90. The van der Waals surface area contributed by atoms with Gasteiger partial charge in [0.2, 0.25) is 0 Å². The number of rotatable bonds is 3. The van der Waals surface area contributed by atoms with Crippen LogP contribution in [0.4, 0.5) is 5.82 Å². The molecular weight excluding hydrogens is 206 g/mol. The van der Waals surface area contributed by atoms with E-state index in [0.717, 1.165) is 23.7 Å². The topological polar surface area (TPSA) is 51.8 Å². The molecule has 0 radical (unpaired) electrons. The van der Waals surface area contributed by atoms with Crippen LogP contribution in [0.3, 0.4) is 0 Å².